The third-order valence-electron chi connectivity index (χ3n) is 4.48. The Morgan fingerprint density at radius 3 is 2.88 bits per heavy atom. The van der Waals surface area contributed by atoms with Crippen LogP contribution in [0.2, 0.25) is 0 Å². The highest BCUT2D eigenvalue weighted by molar-refractivity contribution is 4.89. The molecule has 4 unspecified atom stereocenters. The van der Waals surface area contributed by atoms with E-state index in [0.29, 0.717) is 25.8 Å². The molecule has 3 nitrogen and oxygen atoms in total. The zero-order chi connectivity index (χ0) is 11.6. The minimum atomic E-state index is -0.611. The van der Waals surface area contributed by atoms with E-state index in [1.807, 2.05) is 0 Å². The first-order valence-electron chi connectivity index (χ1n) is 6.64. The molecule has 0 radical (unpaired) electrons. The number of rotatable bonds is 3. The lowest BCUT2D eigenvalue weighted by Gasteiger charge is -2.36. The molecule has 2 fully saturated rings. The van der Waals surface area contributed by atoms with Crippen LogP contribution in [0.25, 0.3) is 0 Å². The molecular weight excluding hydrogens is 202 g/mol. The van der Waals surface area contributed by atoms with Crippen molar-refractivity contribution >= 4 is 0 Å². The van der Waals surface area contributed by atoms with Crippen LogP contribution >= 0.6 is 0 Å². The standard InChI is InChI=1S/C13H25NO2/c1-10-4-3-5-12(11(10)2)14-8-13(15)6-7-16-9-13/h10-12,14-15H,3-9H2,1-2H3. The summed E-state index contributed by atoms with van der Waals surface area (Å²) in [7, 11) is 0. The maximum absolute atomic E-state index is 10.2. The number of hydrogen-bond acceptors (Lipinski definition) is 3. The van der Waals surface area contributed by atoms with E-state index in [1.54, 1.807) is 0 Å². The Morgan fingerprint density at radius 2 is 2.19 bits per heavy atom. The summed E-state index contributed by atoms with van der Waals surface area (Å²) in [6.07, 6.45) is 4.70. The average molecular weight is 227 g/mol. The molecule has 94 valence electrons. The molecular formula is C13H25NO2. The molecule has 0 spiro atoms. The van der Waals surface area contributed by atoms with Gasteiger partial charge in [0, 0.05) is 25.6 Å². The SMILES string of the molecule is CC1CCCC(NCC2(O)CCOC2)C1C. The molecule has 4 atom stereocenters. The second kappa shape index (κ2) is 5.03. The summed E-state index contributed by atoms with van der Waals surface area (Å²) < 4.78 is 5.26. The molecule has 0 bridgehead atoms. The monoisotopic (exact) mass is 227 g/mol. The molecule has 2 N–H and O–H groups in total. The maximum atomic E-state index is 10.2. The predicted molar refractivity (Wildman–Crippen MR) is 64.4 cm³/mol. The fourth-order valence-electron chi connectivity index (χ4n) is 2.93. The summed E-state index contributed by atoms with van der Waals surface area (Å²) in [6.45, 7) is 6.56. The van der Waals surface area contributed by atoms with Crippen LogP contribution in [-0.2, 0) is 4.74 Å². The van der Waals surface area contributed by atoms with Crippen molar-refractivity contribution in [3.05, 3.63) is 0 Å². The van der Waals surface area contributed by atoms with E-state index in [4.69, 9.17) is 4.74 Å². The normalized spacial score (nSPS) is 44.8. The number of hydrogen-bond donors (Lipinski definition) is 2. The van der Waals surface area contributed by atoms with Crippen molar-refractivity contribution in [3.8, 4) is 0 Å². The average Bonchev–Trinajstić information content (AvgIpc) is 2.68. The Balaban J connectivity index is 1.80. The van der Waals surface area contributed by atoms with Gasteiger partial charge in [-0.15, -0.1) is 0 Å². The summed E-state index contributed by atoms with van der Waals surface area (Å²) in [4.78, 5) is 0. The molecule has 0 aromatic rings. The van der Waals surface area contributed by atoms with Crippen molar-refractivity contribution < 1.29 is 9.84 Å². The molecule has 0 amide bonds. The first kappa shape index (κ1) is 12.3. The van der Waals surface area contributed by atoms with Gasteiger partial charge in [-0.05, 0) is 18.3 Å². The molecule has 2 aliphatic rings. The van der Waals surface area contributed by atoms with Gasteiger partial charge in [0.05, 0.1) is 6.61 Å². The lowest BCUT2D eigenvalue weighted by molar-refractivity contribution is 0.0204. The minimum Gasteiger partial charge on any atom is -0.386 e. The van der Waals surface area contributed by atoms with Crippen molar-refractivity contribution in [1.82, 2.24) is 5.32 Å². The van der Waals surface area contributed by atoms with E-state index >= 15 is 0 Å². The van der Waals surface area contributed by atoms with Crippen molar-refractivity contribution in [2.45, 2.75) is 51.2 Å². The number of nitrogens with one attached hydrogen (secondary N) is 1. The molecule has 1 saturated carbocycles. The van der Waals surface area contributed by atoms with Crippen LogP contribution in [0.3, 0.4) is 0 Å². The highest BCUT2D eigenvalue weighted by Crippen LogP contribution is 2.30. The van der Waals surface area contributed by atoms with Crippen LogP contribution in [0.4, 0.5) is 0 Å². The van der Waals surface area contributed by atoms with Crippen LogP contribution in [0.15, 0.2) is 0 Å². The Labute approximate surface area is 98.6 Å². The summed E-state index contributed by atoms with van der Waals surface area (Å²) in [5.74, 6) is 1.53. The zero-order valence-electron chi connectivity index (χ0n) is 10.5. The van der Waals surface area contributed by atoms with E-state index in [9.17, 15) is 5.11 Å². The number of ether oxygens (including phenoxy) is 1. The Kier molecular flexibility index (Phi) is 3.88. The molecule has 0 aromatic carbocycles. The summed E-state index contributed by atoms with van der Waals surface area (Å²) in [5.41, 5.74) is -0.611. The van der Waals surface area contributed by atoms with Gasteiger partial charge in [0.15, 0.2) is 0 Å². The van der Waals surface area contributed by atoms with Crippen LogP contribution in [0.5, 0.6) is 0 Å². The first-order valence-corrected chi connectivity index (χ1v) is 6.64. The molecule has 1 aliphatic heterocycles. The quantitative estimate of drug-likeness (QED) is 0.768. The van der Waals surface area contributed by atoms with Crippen molar-refractivity contribution in [2.24, 2.45) is 11.8 Å². The van der Waals surface area contributed by atoms with Crippen LogP contribution in [0, 0.1) is 11.8 Å². The van der Waals surface area contributed by atoms with E-state index in [1.165, 1.54) is 19.3 Å². The predicted octanol–water partition coefficient (Wildman–Crippen LogP) is 1.55. The highest BCUT2D eigenvalue weighted by atomic mass is 16.5. The topological polar surface area (TPSA) is 41.5 Å². The third-order valence-corrected chi connectivity index (χ3v) is 4.48. The summed E-state index contributed by atoms with van der Waals surface area (Å²) in [6, 6.07) is 0.577. The van der Waals surface area contributed by atoms with Crippen molar-refractivity contribution in [1.29, 1.82) is 0 Å². The van der Waals surface area contributed by atoms with Crippen molar-refractivity contribution in [3.63, 3.8) is 0 Å². The fraction of sp³-hybridized carbons (Fsp3) is 1.00. The van der Waals surface area contributed by atoms with Gasteiger partial charge in [-0.2, -0.15) is 0 Å². The molecule has 1 heterocycles. The van der Waals surface area contributed by atoms with Gasteiger partial charge < -0.3 is 15.2 Å². The van der Waals surface area contributed by atoms with Gasteiger partial charge in [-0.1, -0.05) is 26.7 Å². The molecule has 0 aromatic heterocycles. The second-order valence-corrected chi connectivity index (χ2v) is 5.78. The van der Waals surface area contributed by atoms with E-state index in [2.05, 4.69) is 19.2 Å². The van der Waals surface area contributed by atoms with Gasteiger partial charge in [-0.25, -0.2) is 0 Å². The Morgan fingerprint density at radius 1 is 1.38 bits per heavy atom. The minimum absolute atomic E-state index is 0.497. The molecule has 2 rings (SSSR count). The third kappa shape index (κ3) is 2.76. The van der Waals surface area contributed by atoms with Crippen molar-refractivity contribution in [2.75, 3.05) is 19.8 Å². The smallest absolute Gasteiger partial charge is 0.102 e. The van der Waals surface area contributed by atoms with Gasteiger partial charge in [0.25, 0.3) is 0 Å². The van der Waals surface area contributed by atoms with Gasteiger partial charge in [-0.3, -0.25) is 0 Å². The van der Waals surface area contributed by atoms with E-state index < -0.39 is 5.60 Å². The Bertz CT molecular complexity index is 226. The van der Waals surface area contributed by atoms with E-state index in [-0.39, 0.29) is 0 Å². The van der Waals surface area contributed by atoms with Crippen LogP contribution < -0.4 is 5.32 Å². The molecule has 3 heteroatoms. The van der Waals surface area contributed by atoms with Crippen LogP contribution in [-0.4, -0.2) is 36.5 Å². The largest absolute Gasteiger partial charge is 0.386 e. The maximum Gasteiger partial charge on any atom is 0.102 e. The first-order chi connectivity index (χ1) is 7.61. The molecule has 1 aliphatic carbocycles. The highest BCUT2D eigenvalue weighted by Gasteiger charge is 2.34. The van der Waals surface area contributed by atoms with Gasteiger partial charge >= 0.3 is 0 Å². The second-order valence-electron chi connectivity index (χ2n) is 5.78. The molecule has 1 saturated heterocycles. The van der Waals surface area contributed by atoms with Crippen LogP contribution in [0.1, 0.15) is 39.5 Å². The van der Waals surface area contributed by atoms with E-state index in [0.717, 1.165) is 18.3 Å². The fourth-order valence-corrected chi connectivity index (χ4v) is 2.93. The van der Waals surface area contributed by atoms with Gasteiger partial charge in [0.2, 0.25) is 0 Å². The lowest BCUT2D eigenvalue weighted by atomic mass is 9.78. The summed E-state index contributed by atoms with van der Waals surface area (Å²) in [5, 5.41) is 13.7. The molecule has 16 heavy (non-hydrogen) atoms. The Hall–Kier alpha value is -0.120. The lowest BCUT2D eigenvalue weighted by Crippen LogP contribution is -2.49. The van der Waals surface area contributed by atoms with Gasteiger partial charge in [0.1, 0.15) is 5.60 Å². The summed E-state index contributed by atoms with van der Waals surface area (Å²) >= 11 is 0. The zero-order valence-corrected chi connectivity index (χ0v) is 10.5. The number of aliphatic hydroxyl groups is 1.